The average molecular weight is 263 g/mol. The van der Waals surface area contributed by atoms with E-state index in [2.05, 4.69) is 26.8 Å². The van der Waals surface area contributed by atoms with E-state index in [9.17, 15) is 10.4 Å². The fourth-order valence-corrected chi connectivity index (χ4v) is 4.23. The predicted octanol–water partition coefficient (Wildman–Crippen LogP) is 4.28. The first-order chi connectivity index (χ1) is 8.92. The summed E-state index contributed by atoms with van der Waals surface area (Å²) < 4.78 is 0. The lowest BCUT2D eigenvalue weighted by atomic mass is 9.56. The zero-order chi connectivity index (χ0) is 14.1. The summed E-state index contributed by atoms with van der Waals surface area (Å²) in [7, 11) is 0. The van der Waals surface area contributed by atoms with Crippen LogP contribution in [0.1, 0.15) is 72.1 Å². The molecular formula is C17H29NO. The Kier molecular flexibility index (Phi) is 4.26. The Hall–Kier alpha value is -0.550. The number of nitrogens with zero attached hydrogens (tertiary/aromatic N) is 1. The summed E-state index contributed by atoms with van der Waals surface area (Å²) >= 11 is 0. The lowest BCUT2D eigenvalue weighted by Crippen LogP contribution is -2.52. The Morgan fingerprint density at radius 2 is 1.79 bits per heavy atom. The van der Waals surface area contributed by atoms with Crippen LogP contribution in [0.25, 0.3) is 0 Å². The van der Waals surface area contributed by atoms with Gasteiger partial charge in [0, 0.05) is 0 Å². The largest absolute Gasteiger partial charge is 0.388 e. The molecule has 19 heavy (non-hydrogen) atoms. The standard InChI is InChI=1S/C17H29NO/c1-13(2)15-5-4-8-17(19,11-15)16(12-18)9-6-14(3)7-10-16/h13-15,19H,4-11H2,1-3H3. The maximum atomic E-state index is 11.2. The van der Waals surface area contributed by atoms with Crippen LogP contribution in [0.3, 0.4) is 0 Å². The summed E-state index contributed by atoms with van der Waals surface area (Å²) in [5.41, 5.74) is -1.19. The highest BCUT2D eigenvalue weighted by atomic mass is 16.3. The number of aliphatic hydroxyl groups is 1. The van der Waals surface area contributed by atoms with E-state index in [0.29, 0.717) is 11.8 Å². The Labute approximate surface area is 118 Å². The highest BCUT2D eigenvalue weighted by Gasteiger charge is 2.53. The van der Waals surface area contributed by atoms with Crippen LogP contribution in [-0.4, -0.2) is 10.7 Å². The Bertz CT molecular complexity index is 349. The molecule has 0 aliphatic heterocycles. The second kappa shape index (κ2) is 5.44. The number of rotatable bonds is 2. The fourth-order valence-electron chi connectivity index (χ4n) is 4.23. The van der Waals surface area contributed by atoms with Crippen LogP contribution in [0.4, 0.5) is 0 Å². The van der Waals surface area contributed by atoms with Gasteiger partial charge < -0.3 is 5.11 Å². The van der Waals surface area contributed by atoms with Crippen LogP contribution in [0, 0.1) is 34.5 Å². The molecule has 2 nitrogen and oxygen atoms in total. The monoisotopic (exact) mass is 263 g/mol. The van der Waals surface area contributed by atoms with Gasteiger partial charge in [0.25, 0.3) is 0 Å². The lowest BCUT2D eigenvalue weighted by Gasteiger charge is -2.50. The minimum atomic E-state index is -0.727. The van der Waals surface area contributed by atoms with Gasteiger partial charge in [-0.05, 0) is 62.7 Å². The van der Waals surface area contributed by atoms with Crippen LogP contribution in [-0.2, 0) is 0 Å². The molecule has 0 aromatic carbocycles. The molecule has 0 aromatic rings. The van der Waals surface area contributed by atoms with Crippen LogP contribution in [0.2, 0.25) is 0 Å². The van der Waals surface area contributed by atoms with E-state index in [1.54, 1.807) is 0 Å². The zero-order valence-electron chi connectivity index (χ0n) is 12.8. The highest BCUT2D eigenvalue weighted by molar-refractivity contribution is 5.14. The van der Waals surface area contributed by atoms with Crippen molar-refractivity contribution in [1.29, 1.82) is 5.26 Å². The molecule has 0 amide bonds. The van der Waals surface area contributed by atoms with Crippen molar-refractivity contribution in [1.82, 2.24) is 0 Å². The first-order valence-corrected chi connectivity index (χ1v) is 8.06. The molecule has 2 heteroatoms. The van der Waals surface area contributed by atoms with Crippen molar-refractivity contribution in [3.63, 3.8) is 0 Å². The van der Waals surface area contributed by atoms with Crippen molar-refractivity contribution in [2.24, 2.45) is 23.2 Å². The van der Waals surface area contributed by atoms with Gasteiger partial charge in [0.2, 0.25) is 0 Å². The quantitative estimate of drug-likeness (QED) is 0.808. The Morgan fingerprint density at radius 3 is 2.32 bits per heavy atom. The summed E-state index contributed by atoms with van der Waals surface area (Å²) in [5.74, 6) is 1.92. The molecule has 2 aliphatic carbocycles. The van der Waals surface area contributed by atoms with Crippen molar-refractivity contribution in [2.75, 3.05) is 0 Å². The molecule has 0 saturated heterocycles. The first kappa shape index (κ1) is 14.9. The van der Waals surface area contributed by atoms with Gasteiger partial charge in [-0.3, -0.25) is 0 Å². The van der Waals surface area contributed by atoms with E-state index in [0.717, 1.165) is 50.9 Å². The fraction of sp³-hybridized carbons (Fsp3) is 0.941. The zero-order valence-corrected chi connectivity index (χ0v) is 12.8. The van der Waals surface area contributed by atoms with Crippen molar-refractivity contribution in [2.45, 2.75) is 77.7 Å². The molecule has 2 atom stereocenters. The highest BCUT2D eigenvalue weighted by Crippen LogP contribution is 2.53. The molecule has 2 aliphatic rings. The molecule has 2 fully saturated rings. The van der Waals surface area contributed by atoms with Crippen molar-refractivity contribution in [3.8, 4) is 6.07 Å². The average Bonchev–Trinajstić information content (AvgIpc) is 2.39. The number of nitriles is 1. The van der Waals surface area contributed by atoms with Crippen molar-refractivity contribution in [3.05, 3.63) is 0 Å². The molecule has 0 aromatic heterocycles. The minimum absolute atomic E-state index is 0.465. The SMILES string of the molecule is CC1CCC(C#N)(C2(O)CCCC(C(C)C)C2)CC1. The van der Waals surface area contributed by atoms with E-state index in [4.69, 9.17) is 0 Å². The van der Waals surface area contributed by atoms with Crippen LogP contribution < -0.4 is 0 Å². The van der Waals surface area contributed by atoms with Gasteiger partial charge in [-0.2, -0.15) is 5.26 Å². The molecule has 2 unspecified atom stereocenters. The number of hydrogen-bond acceptors (Lipinski definition) is 2. The lowest BCUT2D eigenvalue weighted by molar-refractivity contribution is -0.118. The maximum Gasteiger partial charge on any atom is 0.0860 e. The van der Waals surface area contributed by atoms with Crippen LogP contribution in [0.5, 0.6) is 0 Å². The van der Waals surface area contributed by atoms with E-state index < -0.39 is 11.0 Å². The van der Waals surface area contributed by atoms with Gasteiger partial charge in [0.1, 0.15) is 0 Å². The Balaban J connectivity index is 2.19. The third-order valence-corrected chi connectivity index (χ3v) is 5.94. The minimum Gasteiger partial charge on any atom is -0.388 e. The van der Waals surface area contributed by atoms with Gasteiger partial charge >= 0.3 is 0 Å². The summed E-state index contributed by atoms with van der Waals surface area (Å²) in [6.45, 7) is 6.76. The third kappa shape index (κ3) is 2.68. The van der Waals surface area contributed by atoms with E-state index in [1.165, 1.54) is 6.42 Å². The summed E-state index contributed by atoms with van der Waals surface area (Å²) in [5, 5.41) is 21.0. The smallest absolute Gasteiger partial charge is 0.0860 e. The topological polar surface area (TPSA) is 44.0 Å². The second-order valence-electron chi connectivity index (χ2n) is 7.51. The third-order valence-electron chi connectivity index (χ3n) is 5.94. The molecule has 2 saturated carbocycles. The number of hydrogen-bond donors (Lipinski definition) is 1. The molecule has 0 heterocycles. The molecule has 0 bridgehead atoms. The first-order valence-electron chi connectivity index (χ1n) is 8.06. The van der Waals surface area contributed by atoms with Crippen LogP contribution in [0.15, 0.2) is 0 Å². The van der Waals surface area contributed by atoms with Gasteiger partial charge in [0.15, 0.2) is 0 Å². The maximum absolute atomic E-state index is 11.2. The van der Waals surface area contributed by atoms with Crippen molar-refractivity contribution < 1.29 is 5.11 Å². The van der Waals surface area contributed by atoms with Crippen molar-refractivity contribution >= 4 is 0 Å². The molecule has 2 rings (SSSR count). The molecule has 0 radical (unpaired) electrons. The van der Waals surface area contributed by atoms with Gasteiger partial charge in [0.05, 0.1) is 17.1 Å². The molecule has 108 valence electrons. The van der Waals surface area contributed by atoms with E-state index >= 15 is 0 Å². The van der Waals surface area contributed by atoms with E-state index in [-0.39, 0.29) is 0 Å². The summed E-state index contributed by atoms with van der Waals surface area (Å²) in [6, 6.07) is 2.56. The van der Waals surface area contributed by atoms with E-state index in [1.807, 2.05) is 0 Å². The molecular weight excluding hydrogens is 234 g/mol. The summed E-state index contributed by atoms with van der Waals surface area (Å²) in [4.78, 5) is 0. The Morgan fingerprint density at radius 1 is 1.16 bits per heavy atom. The second-order valence-corrected chi connectivity index (χ2v) is 7.51. The molecule has 0 spiro atoms. The van der Waals surface area contributed by atoms with Gasteiger partial charge in [-0.15, -0.1) is 0 Å². The normalized spacial score (nSPS) is 44.0. The van der Waals surface area contributed by atoms with Gasteiger partial charge in [-0.1, -0.05) is 27.2 Å². The van der Waals surface area contributed by atoms with Gasteiger partial charge in [-0.25, -0.2) is 0 Å². The molecule has 1 N–H and O–H groups in total. The predicted molar refractivity (Wildman–Crippen MR) is 77.4 cm³/mol. The summed E-state index contributed by atoms with van der Waals surface area (Å²) in [6.07, 6.45) is 7.96. The van der Waals surface area contributed by atoms with Crippen LogP contribution >= 0.6 is 0 Å².